The summed E-state index contributed by atoms with van der Waals surface area (Å²) >= 11 is 1.26. The van der Waals surface area contributed by atoms with Gasteiger partial charge >= 0.3 is 5.97 Å². The number of hydrogen-bond acceptors (Lipinski definition) is 4. The zero-order valence-electron chi connectivity index (χ0n) is 8.05. The number of carboxylic acids is 1. The Hall–Kier alpha value is -0.910. The van der Waals surface area contributed by atoms with E-state index < -0.39 is 12.1 Å². The minimum absolute atomic E-state index is 0.183. The van der Waals surface area contributed by atoms with Crippen molar-refractivity contribution in [3.05, 3.63) is 21.9 Å². The van der Waals surface area contributed by atoms with Crippen molar-refractivity contribution in [2.75, 3.05) is 6.61 Å². The summed E-state index contributed by atoms with van der Waals surface area (Å²) in [6.45, 7) is 0.648. The van der Waals surface area contributed by atoms with Crippen LogP contribution in [-0.2, 0) is 4.74 Å². The molecule has 2 rings (SSSR count). The molecule has 0 amide bonds. The number of aromatic carboxylic acids is 1. The lowest BCUT2D eigenvalue weighted by Crippen LogP contribution is -2.18. The number of carbonyl (C=O) groups is 1. The van der Waals surface area contributed by atoms with E-state index in [4.69, 9.17) is 9.84 Å². The van der Waals surface area contributed by atoms with Crippen LogP contribution < -0.4 is 0 Å². The Balaban J connectivity index is 2.20. The lowest BCUT2D eigenvalue weighted by molar-refractivity contribution is -0.00136. The first-order valence-corrected chi connectivity index (χ1v) is 5.68. The van der Waals surface area contributed by atoms with E-state index in [0.29, 0.717) is 11.5 Å². The summed E-state index contributed by atoms with van der Waals surface area (Å²) in [5, 5.41) is 20.5. The fourth-order valence-electron chi connectivity index (χ4n) is 1.75. The van der Waals surface area contributed by atoms with Crippen molar-refractivity contribution < 1.29 is 19.7 Å². The van der Waals surface area contributed by atoms with Crippen LogP contribution >= 0.6 is 11.3 Å². The van der Waals surface area contributed by atoms with Gasteiger partial charge in [0.05, 0.1) is 16.5 Å². The quantitative estimate of drug-likeness (QED) is 0.825. The van der Waals surface area contributed by atoms with Gasteiger partial charge in [-0.3, -0.25) is 0 Å². The molecule has 15 heavy (non-hydrogen) atoms. The highest BCUT2D eigenvalue weighted by atomic mass is 32.1. The van der Waals surface area contributed by atoms with Gasteiger partial charge in [-0.2, -0.15) is 0 Å². The summed E-state index contributed by atoms with van der Waals surface area (Å²) in [6.07, 6.45) is 0.661. The van der Waals surface area contributed by atoms with Gasteiger partial charge in [0, 0.05) is 6.61 Å². The van der Waals surface area contributed by atoms with Gasteiger partial charge in [-0.1, -0.05) is 0 Å². The summed E-state index contributed by atoms with van der Waals surface area (Å²) in [7, 11) is 0. The minimum atomic E-state index is -0.997. The SMILES string of the molecule is O=C(O)c1ccsc1C(O)C1CCCO1. The molecule has 0 spiro atoms. The maximum Gasteiger partial charge on any atom is 0.336 e. The molecule has 1 fully saturated rings. The molecule has 2 N–H and O–H groups in total. The third-order valence-corrected chi connectivity index (χ3v) is 3.50. The average Bonchev–Trinajstić information content (AvgIpc) is 2.88. The van der Waals surface area contributed by atoms with E-state index >= 15 is 0 Å². The summed E-state index contributed by atoms with van der Waals surface area (Å²) in [5.74, 6) is -0.997. The minimum Gasteiger partial charge on any atom is -0.478 e. The number of thiophene rings is 1. The summed E-state index contributed by atoms with van der Waals surface area (Å²) in [6, 6.07) is 1.51. The number of carboxylic acid groups (broad SMARTS) is 1. The van der Waals surface area contributed by atoms with Crippen LogP contribution in [0.4, 0.5) is 0 Å². The molecule has 1 aromatic heterocycles. The maximum absolute atomic E-state index is 10.9. The fraction of sp³-hybridized carbons (Fsp3) is 0.500. The molecule has 82 valence electrons. The third kappa shape index (κ3) is 2.04. The van der Waals surface area contributed by atoms with Gasteiger partial charge in [0.25, 0.3) is 0 Å². The van der Waals surface area contributed by atoms with E-state index in [1.54, 1.807) is 5.38 Å². The maximum atomic E-state index is 10.9. The molecule has 1 saturated heterocycles. The number of aliphatic hydroxyl groups is 1. The fourth-order valence-corrected chi connectivity index (χ4v) is 2.67. The van der Waals surface area contributed by atoms with Gasteiger partial charge in [-0.05, 0) is 24.3 Å². The van der Waals surface area contributed by atoms with Crippen molar-refractivity contribution in [1.29, 1.82) is 0 Å². The van der Waals surface area contributed by atoms with Crippen molar-refractivity contribution in [2.45, 2.75) is 25.0 Å². The predicted octanol–water partition coefficient (Wildman–Crippen LogP) is 1.66. The van der Waals surface area contributed by atoms with Crippen LogP contribution in [0.5, 0.6) is 0 Å². The van der Waals surface area contributed by atoms with Crippen molar-refractivity contribution in [3.63, 3.8) is 0 Å². The van der Waals surface area contributed by atoms with E-state index in [-0.39, 0.29) is 11.7 Å². The van der Waals surface area contributed by atoms with Gasteiger partial charge in [0.15, 0.2) is 0 Å². The Morgan fingerprint density at radius 2 is 2.47 bits per heavy atom. The van der Waals surface area contributed by atoms with E-state index in [9.17, 15) is 9.90 Å². The molecule has 0 saturated carbocycles. The van der Waals surface area contributed by atoms with Crippen LogP contribution in [0.1, 0.15) is 34.2 Å². The van der Waals surface area contributed by atoms with Crippen LogP contribution in [0.15, 0.2) is 11.4 Å². The first-order chi connectivity index (χ1) is 7.20. The summed E-state index contributed by atoms with van der Waals surface area (Å²) in [5.41, 5.74) is 0.183. The lowest BCUT2D eigenvalue weighted by Gasteiger charge is -2.16. The van der Waals surface area contributed by atoms with Crippen LogP contribution in [0.3, 0.4) is 0 Å². The molecule has 0 bridgehead atoms. The molecule has 5 heteroatoms. The molecule has 0 radical (unpaired) electrons. The van der Waals surface area contributed by atoms with Gasteiger partial charge in [-0.15, -0.1) is 11.3 Å². The first-order valence-electron chi connectivity index (χ1n) is 4.80. The summed E-state index contributed by atoms with van der Waals surface area (Å²) in [4.78, 5) is 11.4. The standard InChI is InChI=1S/C10H12O4S/c11-8(7-2-1-4-14-7)9-6(10(12)13)3-5-15-9/h3,5,7-8,11H,1-2,4H2,(H,12,13). The largest absolute Gasteiger partial charge is 0.478 e. The second-order valence-electron chi connectivity index (χ2n) is 3.50. The van der Waals surface area contributed by atoms with Crippen molar-refractivity contribution >= 4 is 17.3 Å². The van der Waals surface area contributed by atoms with Crippen LogP contribution in [-0.4, -0.2) is 28.9 Å². The molecule has 1 aliphatic rings. The van der Waals surface area contributed by atoms with Crippen molar-refractivity contribution in [2.24, 2.45) is 0 Å². The normalized spacial score (nSPS) is 22.9. The highest BCUT2D eigenvalue weighted by Crippen LogP contribution is 2.32. The molecule has 1 aromatic rings. The Morgan fingerprint density at radius 3 is 3.07 bits per heavy atom. The van der Waals surface area contributed by atoms with Gasteiger partial charge in [-0.25, -0.2) is 4.79 Å². The average molecular weight is 228 g/mol. The van der Waals surface area contributed by atoms with Gasteiger partial charge in [0.1, 0.15) is 6.10 Å². The predicted molar refractivity (Wildman–Crippen MR) is 55.2 cm³/mol. The molecular weight excluding hydrogens is 216 g/mol. The number of hydrogen-bond donors (Lipinski definition) is 2. The van der Waals surface area contributed by atoms with E-state index in [1.807, 2.05) is 0 Å². The summed E-state index contributed by atoms with van der Waals surface area (Å²) < 4.78 is 5.34. The molecule has 2 heterocycles. The van der Waals surface area contributed by atoms with Crippen LogP contribution in [0.2, 0.25) is 0 Å². The first kappa shape index (κ1) is 10.6. The van der Waals surface area contributed by atoms with Gasteiger partial charge < -0.3 is 14.9 Å². The molecule has 0 aromatic carbocycles. The molecule has 1 aliphatic heterocycles. The Morgan fingerprint density at radius 1 is 1.67 bits per heavy atom. The smallest absolute Gasteiger partial charge is 0.336 e. The Bertz CT molecular complexity index is 354. The number of ether oxygens (including phenoxy) is 1. The molecular formula is C10H12O4S. The monoisotopic (exact) mass is 228 g/mol. The Kier molecular flexibility index (Phi) is 3.04. The third-order valence-electron chi connectivity index (χ3n) is 2.51. The second kappa shape index (κ2) is 4.30. The zero-order chi connectivity index (χ0) is 10.8. The number of aliphatic hydroxyl groups excluding tert-OH is 1. The van der Waals surface area contributed by atoms with Crippen LogP contribution in [0, 0.1) is 0 Å². The van der Waals surface area contributed by atoms with Crippen molar-refractivity contribution in [1.82, 2.24) is 0 Å². The topological polar surface area (TPSA) is 66.8 Å². The van der Waals surface area contributed by atoms with E-state index in [2.05, 4.69) is 0 Å². The van der Waals surface area contributed by atoms with E-state index in [1.165, 1.54) is 17.4 Å². The second-order valence-corrected chi connectivity index (χ2v) is 4.45. The van der Waals surface area contributed by atoms with E-state index in [0.717, 1.165) is 12.8 Å². The lowest BCUT2D eigenvalue weighted by atomic mass is 10.1. The number of rotatable bonds is 3. The highest BCUT2D eigenvalue weighted by Gasteiger charge is 2.29. The molecule has 4 nitrogen and oxygen atoms in total. The van der Waals surface area contributed by atoms with Crippen LogP contribution in [0.25, 0.3) is 0 Å². The highest BCUT2D eigenvalue weighted by molar-refractivity contribution is 7.10. The van der Waals surface area contributed by atoms with Gasteiger partial charge in [0.2, 0.25) is 0 Å². The Labute approximate surface area is 91.1 Å². The zero-order valence-corrected chi connectivity index (χ0v) is 8.87. The van der Waals surface area contributed by atoms with Crippen molar-refractivity contribution in [3.8, 4) is 0 Å². The molecule has 0 aliphatic carbocycles. The molecule has 2 atom stereocenters. The molecule has 2 unspecified atom stereocenters.